The van der Waals surface area contributed by atoms with Crippen molar-refractivity contribution < 1.29 is 5.48 Å². The van der Waals surface area contributed by atoms with Gasteiger partial charge in [-0.3, -0.25) is 0 Å². The molecule has 0 N–H and O–H groups in total. The summed E-state index contributed by atoms with van der Waals surface area (Å²) in [7, 11) is -3.35. The number of hydrogen-bond acceptors (Lipinski definition) is 0. The van der Waals surface area contributed by atoms with E-state index in [1.165, 1.54) is 0 Å². The van der Waals surface area contributed by atoms with Gasteiger partial charge in [0.25, 0.3) is 0 Å². The van der Waals surface area contributed by atoms with Crippen molar-refractivity contribution in [3.63, 3.8) is 0 Å². The minimum absolute atomic E-state index is 0.0711. The average Bonchev–Trinajstić information content (AvgIpc) is 3.35. The van der Waals surface area contributed by atoms with Crippen molar-refractivity contribution in [2.45, 2.75) is 0 Å². The number of nitrogens with zero attached hydrogens (tertiary/aromatic N) is 1. The molecule has 1 nitrogen and oxygen atoms in total. The van der Waals surface area contributed by atoms with Gasteiger partial charge in [-0.25, -0.2) is 0 Å². The standard InChI is InChI=1S/C36H25Br2NSi/c37-26-19-21-35-33(23-26)34-24-27(38)20-22-36(34)39(35)28-11-10-18-32(25-28)40(29-12-4-1-5-13-29,30-14-6-2-7-15-30)31-16-8-3-9-17-31/h1-25H/i10D,11D,18D,25D. The minimum Gasteiger partial charge on any atom is -0.309 e. The largest absolute Gasteiger partial charge is 0.309 e. The topological polar surface area (TPSA) is 4.93 Å². The molecule has 0 amide bonds. The summed E-state index contributed by atoms with van der Waals surface area (Å²) in [5, 5.41) is 5.47. The van der Waals surface area contributed by atoms with Gasteiger partial charge in [-0.2, -0.15) is 0 Å². The summed E-state index contributed by atoms with van der Waals surface area (Å²) < 4.78 is 41.7. The Labute approximate surface area is 257 Å². The Bertz CT molecular complexity index is 2030. The van der Waals surface area contributed by atoms with Crippen LogP contribution in [0.3, 0.4) is 0 Å². The van der Waals surface area contributed by atoms with Crippen molar-refractivity contribution in [1.82, 2.24) is 4.57 Å². The van der Waals surface area contributed by atoms with E-state index in [2.05, 4.69) is 68.3 Å². The fourth-order valence-corrected chi connectivity index (χ4v) is 11.1. The van der Waals surface area contributed by atoms with E-state index in [0.717, 1.165) is 46.3 Å². The second kappa shape index (κ2) is 10.4. The van der Waals surface area contributed by atoms with E-state index in [9.17, 15) is 5.48 Å². The molecular formula is C36H25Br2NSi. The zero-order chi connectivity index (χ0) is 30.6. The van der Waals surface area contributed by atoms with Crippen molar-refractivity contribution in [3.05, 3.63) is 161 Å². The predicted molar refractivity (Wildman–Crippen MR) is 180 cm³/mol. The zero-order valence-corrected chi connectivity index (χ0v) is 25.5. The van der Waals surface area contributed by atoms with E-state index in [1.54, 1.807) is 0 Å². The van der Waals surface area contributed by atoms with Gasteiger partial charge < -0.3 is 4.57 Å². The molecule has 0 fully saturated rings. The van der Waals surface area contributed by atoms with Gasteiger partial charge in [-0.1, -0.05) is 135 Å². The van der Waals surface area contributed by atoms with Gasteiger partial charge in [0.05, 0.1) is 16.5 Å². The molecule has 192 valence electrons. The first-order chi connectivity index (χ1) is 21.3. The van der Waals surface area contributed by atoms with Crippen molar-refractivity contribution in [1.29, 1.82) is 0 Å². The number of fused-ring (bicyclic) bond motifs is 3. The molecule has 0 radical (unpaired) electrons. The molecule has 40 heavy (non-hydrogen) atoms. The lowest BCUT2D eigenvalue weighted by atomic mass is 10.2. The molecule has 1 aromatic heterocycles. The van der Waals surface area contributed by atoms with Gasteiger partial charge in [0.15, 0.2) is 8.07 Å². The number of halogens is 2. The Morgan fingerprint density at radius 2 is 0.975 bits per heavy atom. The molecular weight excluding hydrogens is 634 g/mol. The smallest absolute Gasteiger partial charge is 0.179 e. The molecule has 7 rings (SSSR count). The molecule has 0 aliphatic heterocycles. The lowest BCUT2D eigenvalue weighted by Gasteiger charge is -2.34. The SMILES string of the molecule is [2H]c1c([2H])c(-n2c3ccc(Br)cc3c3cc(Br)ccc32)c([2H])c([Si](c2ccccc2)(c2ccccc2)c2ccccc2)c1[2H]. The monoisotopic (exact) mass is 661 g/mol. The van der Waals surface area contributed by atoms with E-state index in [0.29, 0.717) is 10.9 Å². The molecule has 1 heterocycles. The zero-order valence-electron chi connectivity index (χ0n) is 25.3. The van der Waals surface area contributed by atoms with Gasteiger partial charge in [0.1, 0.15) is 0 Å². The molecule has 0 aliphatic carbocycles. The van der Waals surface area contributed by atoms with Crippen LogP contribution in [0.1, 0.15) is 5.48 Å². The van der Waals surface area contributed by atoms with Crippen LogP contribution in [0.15, 0.2) is 161 Å². The van der Waals surface area contributed by atoms with E-state index in [1.807, 2.05) is 95.6 Å². The Morgan fingerprint density at radius 1 is 0.525 bits per heavy atom. The molecule has 0 saturated heterocycles. The Hall–Kier alpha value is -3.70. The fourth-order valence-electron chi connectivity index (χ4n) is 5.84. The summed E-state index contributed by atoms with van der Waals surface area (Å²) in [5.41, 5.74) is 1.97. The second-order valence-electron chi connectivity index (χ2n) is 9.73. The van der Waals surface area contributed by atoms with E-state index in [-0.39, 0.29) is 24.2 Å². The third-order valence-electron chi connectivity index (χ3n) is 7.52. The highest BCUT2D eigenvalue weighted by Crippen LogP contribution is 2.35. The van der Waals surface area contributed by atoms with Gasteiger partial charge in [-0.05, 0) is 69.2 Å². The third kappa shape index (κ3) is 4.10. The summed E-state index contributed by atoms with van der Waals surface area (Å²) in [6.07, 6.45) is 0. The highest BCUT2D eigenvalue weighted by atomic mass is 79.9. The molecule has 0 aliphatic rings. The molecule has 0 spiro atoms. The second-order valence-corrected chi connectivity index (χ2v) is 15.3. The Kier molecular flexibility index (Phi) is 5.47. The summed E-state index contributed by atoms with van der Waals surface area (Å²) in [5.74, 6) is 0. The first kappa shape index (κ1) is 21.1. The van der Waals surface area contributed by atoms with Crippen LogP contribution in [0.5, 0.6) is 0 Å². The number of rotatable bonds is 5. The highest BCUT2D eigenvalue weighted by Gasteiger charge is 2.41. The molecule has 0 saturated carbocycles. The van der Waals surface area contributed by atoms with Crippen LogP contribution in [-0.2, 0) is 0 Å². The van der Waals surface area contributed by atoms with Crippen molar-refractivity contribution in [3.8, 4) is 5.69 Å². The lowest BCUT2D eigenvalue weighted by Crippen LogP contribution is -2.74. The summed E-state index contributed by atoms with van der Waals surface area (Å²) in [4.78, 5) is 0. The van der Waals surface area contributed by atoms with Gasteiger partial charge in [0.2, 0.25) is 0 Å². The molecule has 0 atom stereocenters. The van der Waals surface area contributed by atoms with Crippen molar-refractivity contribution in [2.75, 3.05) is 0 Å². The average molecular weight is 664 g/mol. The van der Waals surface area contributed by atoms with Crippen LogP contribution < -0.4 is 20.7 Å². The molecule has 6 aromatic carbocycles. The molecule has 0 bridgehead atoms. The molecule has 0 unspecified atom stereocenters. The molecule has 4 heteroatoms. The summed E-state index contributed by atoms with van der Waals surface area (Å²) in [6, 6.07) is 42.1. The Morgan fingerprint density at radius 3 is 1.43 bits per heavy atom. The van der Waals surface area contributed by atoms with Crippen LogP contribution in [0.4, 0.5) is 0 Å². The third-order valence-corrected chi connectivity index (χ3v) is 13.1. The van der Waals surface area contributed by atoms with Crippen LogP contribution in [0.25, 0.3) is 27.5 Å². The normalized spacial score (nSPS) is 13.2. The first-order valence-electron chi connectivity index (χ1n) is 15.0. The minimum atomic E-state index is -3.35. The summed E-state index contributed by atoms with van der Waals surface area (Å²) >= 11 is 7.25. The highest BCUT2D eigenvalue weighted by molar-refractivity contribution is 9.10. The number of benzene rings is 6. The Balaban J connectivity index is 1.70. The summed E-state index contributed by atoms with van der Waals surface area (Å²) in [6.45, 7) is 0. The first-order valence-corrected chi connectivity index (χ1v) is 16.6. The maximum absolute atomic E-state index is 10.0. The van der Waals surface area contributed by atoms with Crippen molar-refractivity contribution in [2.24, 2.45) is 0 Å². The molecule has 7 aromatic rings. The quantitative estimate of drug-likeness (QED) is 0.132. The number of aromatic nitrogens is 1. The van der Waals surface area contributed by atoms with Crippen LogP contribution in [-0.4, -0.2) is 12.6 Å². The van der Waals surface area contributed by atoms with Crippen LogP contribution >= 0.6 is 31.9 Å². The van der Waals surface area contributed by atoms with E-state index < -0.39 is 8.07 Å². The number of hydrogen-bond donors (Lipinski definition) is 0. The van der Waals surface area contributed by atoms with E-state index in [4.69, 9.17) is 0 Å². The van der Waals surface area contributed by atoms with Crippen LogP contribution in [0.2, 0.25) is 0 Å². The van der Waals surface area contributed by atoms with Crippen molar-refractivity contribution >= 4 is 82.5 Å². The van der Waals surface area contributed by atoms with Gasteiger partial charge in [0, 0.05) is 25.4 Å². The van der Waals surface area contributed by atoms with Crippen LogP contribution in [0, 0.1) is 0 Å². The van der Waals surface area contributed by atoms with Gasteiger partial charge >= 0.3 is 0 Å². The predicted octanol–water partition coefficient (Wildman–Crippen LogP) is 7.69. The maximum Gasteiger partial charge on any atom is 0.179 e. The maximum atomic E-state index is 10.0. The van der Waals surface area contributed by atoms with E-state index >= 15 is 0 Å². The lowest BCUT2D eigenvalue weighted by molar-refractivity contribution is 1.18. The fraction of sp³-hybridized carbons (Fsp3) is 0. The van der Waals surface area contributed by atoms with Gasteiger partial charge in [-0.15, -0.1) is 0 Å².